The second-order valence-electron chi connectivity index (χ2n) is 5.72. The average molecular weight is 390 g/mol. The largest absolute Gasteiger partial charge is 0.496 e. The molecule has 1 nitrogen and oxygen atoms in total. The van der Waals surface area contributed by atoms with Gasteiger partial charge >= 0.3 is 0 Å². The van der Waals surface area contributed by atoms with Crippen LogP contribution in [0, 0.1) is 25.7 Å². The summed E-state index contributed by atoms with van der Waals surface area (Å²) in [6, 6.07) is 2.15. The Morgan fingerprint density at radius 2 is 2.00 bits per heavy atom. The Morgan fingerprint density at radius 1 is 1.32 bits per heavy atom. The monoisotopic (exact) mass is 388 g/mol. The van der Waals surface area contributed by atoms with Crippen LogP contribution in [0.1, 0.15) is 47.7 Å². The maximum atomic E-state index is 5.68. The van der Waals surface area contributed by atoms with Gasteiger partial charge in [0.15, 0.2) is 0 Å². The van der Waals surface area contributed by atoms with Gasteiger partial charge in [0.05, 0.1) is 7.11 Å². The van der Waals surface area contributed by atoms with Gasteiger partial charge < -0.3 is 4.74 Å². The van der Waals surface area contributed by atoms with Gasteiger partial charge in [-0.2, -0.15) is 0 Å². The van der Waals surface area contributed by atoms with Crippen molar-refractivity contribution in [3.05, 3.63) is 27.2 Å². The molecule has 0 aliphatic heterocycles. The van der Waals surface area contributed by atoms with E-state index in [1.54, 1.807) is 7.11 Å². The lowest BCUT2D eigenvalue weighted by atomic mass is 9.88. The minimum absolute atomic E-state index is 0.385. The third-order valence-corrected chi connectivity index (χ3v) is 6.45. The second-order valence-corrected chi connectivity index (χ2v) is 7.56. The molecule has 0 radical (unpaired) electrons. The lowest BCUT2D eigenvalue weighted by molar-refractivity contribution is 0.381. The molecule has 3 atom stereocenters. The summed E-state index contributed by atoms with van der Waals surface area (Å²) in [6.45, 7) is 6.66. The molecule has 3 heteroatoms. The molecular formula is C16H22Br2O. The number of aryl methyl sites for hydroxylation is 1. The van der Waals surface area contributed by atoms with Crippen LogP contribution in [0.2, 0.25) is 0 Å². The van der Waals surface area contributed by atoms with Crippen molar-refractivity contribution in [1.82, 2.24) is 0 Å². The number of ether oxygens (including phenoxy) is 1. The van der Waals surface area contributed by atoms with Crippen LogP contribution < -0.4 is 4.74 Å². The first-order valence-corrected chi connectivity index (χ1v) is 8.65. The molecular weight excluding hydrogens is 368 g/mol. The van der Waals surface area contributed by atoms with E-state index in [-0.39, 0.29) is 0 Å². The van der Waals surface area contributed by atoms with Crippen LogP contribution in [-0.4, -0.2) is 7.11 Å². The first-order valence-electron chi connectivity index (χ1n) is 6.95. The van der Waals surface area contributed by atoms with E-state index < -0.39 is 0 Å². The highest BCUT2D eigenvalue weighted by Gasteiger charge is 2.33. The van der Waals surface area contributed by atoms with Crippen LogP contribution >= 0.6 is 31.9 Å². The SMILES string of the molecule is COc1c(C)cc(Br)c(C)c1C(Br)C1CCCC1C. The molecule has 1 saturated carbocycles. The van der Waals surface area contributed by atoms with E-state index in [2.05, 4.69) is 58.7 Å². The van der Waals surface area contributed by atoms with E-state index >= 15 is 0 Å². The van der Waals surface area contributed by atoms with Gasteiger partial charge in [-0.3, -0.25) is 0 Å². The molecule has 0 saturated heterocycles. The molecule has 0 aromatic heterocycles. The van der Waals surface area contributed by atoms with E-state index in [0.717, 1.165) is 11.7 Å². The zero-order chi connectivity index (χ0) is 14.2. The minimum atomic E-state index is 0.385. The first kappa shape index (κ1) is 15.4. The Bertz CT molecular complexity index is 470. The molecule has 0 heterocycles. The number of benzene rings is 1. The first-order chi connectivity index (χ1) is 8.97. The van der Waals surface area contributed by atoms with Crippen molar-refractivity contribution in [3.8, 4) is 5.75 Å². The van der Waals surface area contributed by atoms with Crippen molar-refractivity contribution in [2.45, 2.75) is 44.9 Å². The molecule has 3 unspecified atom stereocenters. The minimum Gasteiger partial charge on any atom is -0.496 e. The van der Waals surface area contributed by atoms with Crippen molar-refractivity contribution in [3.63, 3.8) is 0 Å². The number of rotatable bonds is 3. The van der Waals surface area contributed by atoms with Gasteiger partial charge in [-0.05, 0) is 49.3 Å². The van der Waals surface area contributed by atoms with Crippen molar-refractivity contribution in [1.29, 1.82) is 0 Å². The summed E-state index contributed by atoms with van der Waals surface area (Å²) in [7, 11) is 1.77. The highest BCUT2D eigenvalue weighted by molar-refractivity contribution is 9.10. The Labute approximate surface area is 133 Å². The summed E-state index contributed by atoms with van der Waals surface area (Å²) in [6.07, 6.45) is 4.01. The summed E-state index contributed by atoms with van der Waals surface area (Å²) in [5, 5.41) is 0. The fraction of sp³-hybridized carbons (Fsp3) is 0.625. The molecule has 106 valence electrons. The van der Waals surface area contributed by atoms with E-state index in [1.807, 2.05) is 0 Å². The Kier molecular flexibility index (Phi) is 4.99. The summed E-state index contributed by atoms with van der Waals surface area (Å²) in [4.78, 5) is 0.385. The summed E-state index contributed by atoms with van der Waals surface area (Å²) < 4.78 is 6.85. The molecule has 1 aliphatic carbocycles. The smallest absolute Gasteiger partial charge is 0.126 e. The van der Waals surface area contributed by atoms with Crippen LogP contribution in [0.5, 0.6) is 5.75 Å². The van der Waals surface area contributed by atoms with Crippen molar-refractivity contribution in [2.24, 2.45) is 11.8 Å². The quantitative estimate of drug-likeness (QED) is 0.580. The van der Waals surface area contributed by atoms with Crippen molar-refractivity contribution in [2.75, 3.05) is 7.11 Å². The third-order valence-electron chi connectivity index (χ3n) is 4.49. The van der Waals surface area contributed by atoms with Crippen LogP contribution in [0.25, 0.3) is 0 Å². The van der Waals surface area contributed by atoms with E-state index in [9.17, 15) is 0 Å². The van der Waals surface area contributed by atoms with Crippen LogP contribution in [0.4, 0.5) is 0 Å². The highest BCUT2D eigenvalue weighted by Crippen LogP contribution is 2.49. The van der Waals surface area contributed by atoms with E-state index in [4.69, 9.17) is 4.74 Å². The Morgan fingerprint density at radius 3 is 2.53 bits per heavy atom. The fourth-order valence-electron chi connectivity index (χ4n) is 3.30. The van der Waals surface area contributed by atoms with E-state index in [1.165, 1.54) is 40.4 Å². The number of hydrogen-bond donors (Lipinski definition) is 0. The molecule has 1 fully saturated rings. The molecule has 0 bridgehead atoms. The predicted octanol–water partition coefficient (Wildman–Crippen LogP) is 5.95. The summed E-state index contributed by atoms with van der Waals surface area (Å²) in [5.74, 6) is 2.54. The molecule has 1 aromatic rings. The van der Waals surface area contributed by atoms with Crippen LogP contribution in [0.15, 0.2) is 10.5 Å². The van der Waals surface area contributed by atoms with E-state index in [0.29, 0.717) is 10.7 Å². The van der Waals surface area contributed by atoms with Gasteiger partial charge in [-0.15, -0.1) is 0 Å². The molecule has 0 N–H and O–H groups in total. The third kappa shape index (κ3) is 2.87. The number of methoxy groups -OCH3 is 1. The number of hydrogen-bond acceptors (Lipinski definition) is 1. The zero-order valence-electron chi connectivity index (χ0n) is 12.1. The van der Waals surface area contributed by atoms with Gasteiger partial charge in [-0.1, -0.05) is 51.6 Å². The lowest BCUT2D eigenvalue weighted by Gasteiger charge is -2.26. The zero-order valence-corrected chi connectivity index (χ0v) is 15.3. The topological polar surface area (TPSA) is 9.23 Å². The van der Waals surface area contributed by atoms with Gasteiger partial charge in [-0.25, -0.2) is 0 Å². The second kappa shape index (κ2) is 6.17. The van der Waals surface area contributed by atoms with Crippen molar-refractivity contribution >= 4 is 31.9 Å². The van der Waals surface area contributed by atoms with Crippen LogP contribution in [0.3, 0.4) is 0 Å². The normalized spacial score (nSPS) is 24.5. The molecule has 1 aromatic carbocycles. The summed E-state index contributed by atoms with van der Waals surface area (Å²) >= 11 is 7.64. The molecule has 0 spiro atoms. The van der Waals surface area contributed by atoms with Gasteiger partial charge in [0.2, 0.25) is 0 Å². The van der Waals surface area contributed by atoms with Crippen molar-refractivity contribution < 1.29 is 4.74 Å². The molecule has 19 heavy (non-hydrogen) atoms. The maximum Gasteiger partial charge on any atom is 0.126 e. The molecule has 1 aliphatic rings. The van der Waals surface area contributed by atoms with Gasteiger partial charge in [0, 0.05) is 14.9 Å². The fourth-order valence-corrected chi connectivity index (χ4v) is 5.19. The Hall–Kier alpha value is -0.0200. The molecule has 2 rings (SSSR count). The van der Waals surface area contributed by atoms with Crippen LogP contribution in [-0.2, 0) is 0 Å². The maximum absolute atomic E-state index is 5.68. The molecule has 0 amide bonds. The highest BCUT2D eigenvalue weighted by atomic mass is 79.9. The number of halogens is 2. The average Bonchev–Trinajstić information content (AvgIpc) is 2.79. The number of alkyl halides is 1. The predicted molar refractivity (Wildman–Crippen MR) is 88.3 cm³/mol. The Balaban J connectivity index is 2.48. The lowest BCUT2D eigenvalue weighted by Crippen LogP contribution is -2.13. The summed E-state index contributed by atoms with van der Waals surface area (Å²) in [5.41, 5.74) is 3.82. The van der Waals surface area contributed by atoms with Gasteiger partial charge in [0.1, 0.15) is 5.75 Å². The standard InChI is InChI=1S/C16H22Br2O/c1-9-6-5-7-12(9)15(18)14-11(3)13(17)8-10(2)16(14)19-4/h8-9,12,15H,5-7H2,1-4H3. The van der Waals surface area contributed by atoms with Gasteiger partial charge in [0.25, 0.3) is 0 Å².